The van der Waals surface area contributed by atoms with Crippen molar-refractivity contribution >= 4 is 34.9 Å². The molecule has 0 radical (unpaired) electrons. The molecule has 15 heteroatoms. The lowest BCUT2D eigenvalue weighted by Gasteiger charge is -2.24. The van der Waals surface area contributed by atoms with Crippen LogP contribution in [0.15, 0.2) is 83.8 Å². The van der Waals surface area contributed by atoms with Crippen LogP contribution in [0.3, 0.4) is 0 Å². The SMILES string of the molecule is CC(C)Nc1ncc(-c2cc(N)cc(NCCc3ccccc3)c2)n(C(OC(=O)C(F)(F)F)C(=O)NCc2ccc(C(=N)N)cc2)c1=O. The third-order valence-corrected chi connectivity index (χ3v) is 6.90. The van der Waals surface area contributed by atoms with Gasteiger partial charge in [-0.25, -0.2) is 9.78 Å². The molecule has 0 bridgehead atoms. The van der Waals surface area contributed by atoms with Crippen LogP contribution in [0.2, 0.25) is 0 Å². The number of carbonyl (C=O) groups is 2. The number of nitrogen functional groups attached to an aromatic ring is 2. The first kappa shape index (κ1) is 35.0. The fraction of sp³-hybridized carbons (Fsp3) is 0.242. The van der Waals surface area contributed by atoms with Crippen LogP contribution in [0.5, 0.6) is 0 Å². The molecular formula is C33H35F3N8O4. The number of amides is 1. The van der Waals surface area contributed by atoms with E-state index in [0.717, 1.165) is 5.56 Å². The summed E-state index contributed by atoms with van der Waals surface area (Å²) in [6.45, 7) is 3.68. The van der Waals surface area contributed by atoms with Gasteiger partial charge in [-0.3, -0.25) is 19.6 Å². The van der Waals surface area contributed by atoms with Gasteiger partial charge in [-0.2, -0.15) is 13.2 Å². The minimum absolute atomic E-state index is 0.145. The average molecular weight is 665 g/mol. The summed E-state index contributed by atoms with van der Waals surface area (Å²) in [5, 5.41) is 16.0. The summed E-state index contributed by atoms with van der Waals surface area (Å²) in [5.41, 5.74) is 13.4. The number of amidine groups is 1. The van der Waals surface area contributed by atoms with Crippen molar-refractivity contribution < 1.29 is 27.5 Å². The lowest BCUT2D eigenvalue weighted by molar-refractivity contribution is -0.209. The number of benzene rings is 3. The van der Waals surface area contributed by atoms with Crippen LogP contribution in [0, 0.1) is 5.41 Å². The molecule has 0 saturated heterocycles. The number of rotatable bonds is 13. The zero-order valence-corrected chi connectivity index (χ0v) is 26.1. The van der Waals surface area contributed by atoms with Crippen molar-refractivity contribution in [1.29, 1.82) is 5.41 Å². The summed E-state index contributed by atoms with van der Waals surface area (Å²) in [5.74, 6) is -4.38. The number of ether oxygens (including phenoxy) is 1. The topological polar surface area (TPSA) is 190 Å². The highest BCUT2D eigenvalue weighted by Gasteiger charge is 2.44. The number of carbonyl (C=O) groups excluding carboxylic acids is 2. The van der Waals surface area contributed by atoms with Gasteiger partial charge in [0.15, 0.2) is 5.82 Å². The van der Waals surface area contributed by atoms with Gasteiger partial charge in [0.05, 0.1) is 11.9 Å². The highest BCUT2D eigenvalue weighted by molar-refractivity contribution is 5.94. The molecule has 1 aromatic heterocycles. The molecule has 0 aliphatic heterocycles. The van der Waals surface area contributed by atoms with Crippen molar-refractivity contribution in [1.82, 2.24) is 14.9 Å². The molecule has 4 rings (SSSR count). The maximum Gasteiger partial charge on any atom is 0.491 e. The number of alkyl halides is 3. The molecule has 1 unspecified atom stereocenters. The quantitative estimate of drug-likeness (QED) is 0.0527. The predicted molar refractivity (Wildman–Crippen MR) is 176 cm³/mol. The largest absolute Gasteiger partial charge is 0.491 e. The van der Waals surface area contributed by atoms with Crippen LogP contribution in [-0.2, 0) is 27.3 Å². The van der Waals surface area contributed by atoms with E-state index in [1.165, 1.54) is 24.4 Å². The van der Waals surface area contributed by atoms with Crippen LogP contribution in [0.1, 0.15) is 36.8 Å². The van der Waals surface area contributed by atoms with E-state index in [-0.39, 0.29) is 41.2 Å². The Kier molecular flexibility index (Phi) is 11.0. The average Bonchev–Trinajstić information content (AvgIpc) is 3.03. The highest BCUT2D eigenvalue weighted by atomic mass is 19.4. The molecule has 0 aliphatic rings. The maximum atomic E-state index is 13.9. The van der Waals surface area contributed by atoms with Crippen molar-refractivity contribution in [2.45, 2.75) is 45.3 Å². The fourth-order valence-corrected chi connectivity index (χ4v) is 4.65. The number of nitrogens with two attached hydrogens (primary N) is 2. The molecule has 8 N–H and O–H groups in total. The second-order valence-electron chi connectivity index (χ2n) is 11.1. The van der Waals surface area contributed by atoms with Gasteiger partial charge in [-0.1, -0.05) is 54.6 Å². The molecule has 252 valence electrons. The van der Waals surface area contributed by atoms with E-state index in [1.807, 2.05) is 30.3 Å². The van der Waals surface area contributed by atoms with Crippen LogP contribution in [0.25, 0.3) is 11.3 Å². The molecule has 0 spiro atoms. The Morgan fingerprint density at radius 3 is 2.33 bits per heavy atom. The van der Waals surface area contributed by atoms with Gasteiger partial charge < -0.3 is 32.2 Å². The highest BCUT2D eigenvalue weighted by Crippen LogP contribution is 2.29. The van der Waals surface area contributed by atoms with Crippen molar-refractivity contribution in [3.8, 4) is 11.3 Å². The van der Waals surface area contributed by atoms with E-state index in [2.05, 4.69) is 20.9 Å². The Morgan fingerprint density at radius 1 is 1.02 bits per heavy atom. The third-order valence-electron chi connectivity index (χ3n) is 6.90. The number of hydrogen-bond acceptors (Lipinski definition) is 9. The van der Waals surface area contributed by atoms with Crippen molar-refractivity contribution in [2.75, 3.05) is 22.9 Å². The normalized spacial score (nSPS) is 11.9. The molecule has 1 atom stereocenters. The Labute approximate surface area is 273 Å². The van der Waals surface area contributed by atoms with Gasteiger partial charge in [0.1, 0.15) is 5.84 Å². The summed E-state index contributed by atoms with van der Waals surface area (Å²) in [7, 11) is 0. The molecule has 48 heavy (non-hydrogen) atoms. The van der Waals surface area contributed by atoms with Gasteiger partial charge in [0.2, 0.25) is 0 Å². The standard InChI is InChI=1S/C33H35F3N8O4/c1-19(2)43-28-30(46)44(26(18-41-28)23-14-24(37)16-25(15-23)40-13-12-20-6-4-3-5-7-20)31(48-32(47)33(34,35)36)29(45)42-17-21-8-10-22(11-9-21)27(38)39/h3-11,14-16,18-19,31,40H,12-13,17,37H2,1-2H3,(H3,38,39)(H,41,43)(H,42,45). The predicted octanol–water partition coefficient (Wildman–Crippen LogP) is 4.17. The summed E-state index contributed by atoms with van der Waals surface area (Å²) in [6, 6.07) is 20.1. The number of esters is 1. The lowest BCUT2D eigenvalue weighted by atomic mass is 10.1. The second kappa shape index (κ2) is 15.2. The van der Waals surface area contributed by atoms with Crippen LogP contribution < -0.4 is 33.0 Å². The Morgan fingerprint density at radius 2 is 1.71 bits per heavy atom. The first-order valence-corrected chi connectivity index (χ1v) is 14.8. The number of nitrogens with zero attached hydrogens (tertiary/aromatic N) is 2. The minimum Gasteiger partial charge on any atom is -0.425 e. The van der Waals surface area contributed by atoms with Gasteiger partial charge in [0.25, 0.3) is 17.7 Å². The molecule has 1 heterocycles. The minimum atomic E-state index is -5.48. The van der Waals surface area contributed by atoms with Crippen molar-refractivity contribution in [3.05, 3.63) is 106 Å². The van der Waals surface area contributed by atoms with E-state index in [0.29, 0.717) is 34.3 Å². The zero-order chi connectivity index (χ0) is 35.0. The maximum absolute atomic E-state index is 13.9. The van der Waals surface area contributed by atoms with Crippen molar-refractivity contribution in [2.24, 2.45) is 5.73 Å². The number of halogens is 3. The molecular weight excluding hydrogens is 629 g/mol. The molecule has 1 amide bonds. The van der Waals surface area contributed by atoms with E-state index < -0.39 is 29.8 Å². The first-order valence-electron chi connectivity index (χ1n) is 14.8. The van der Waals surface area contributed by atoms with E-state index >= 15 is 0 Å². The molecule has 0 fully saturated rings. The monoisotopic (exact) mass is 664 g/mol. The molecule has 12 nitrogen and oxygen atoms in total. The fourth-order valence-electron chi connectivity index (χ4n) is 4.65. The van der Waals surface area contributed by atoms with E-state index in [9.17, 15) is 27.6 Å². The molecule has 4 aromatic rings. The first-order chi connectivity index (χ1) is 22.7. The summed E-state index contributed by atoms with van der Waals surface area (Å²) in [6.07, 6.45) is -6.05. The third kappa shape index (κ3) is 9.11. The van der Waals surface area contributed by atoms with Crippen LogP contribution >= 0.6 is 0 Å². The van der Waals surface area contributed by atoms with E-state index in [4.69, 9.17) is 21.6 Å². The number of anilines is 3. The smallest absolute Gasteiger partial charge is 0.425 e. The Balaban J connectivity index is 1.76. The zero-order valence-electron chi connectivity index (χ0n) is 26.1. The lowest BCUT2D eigenvalue weighted by Crippen LogP contribution is -2.43. The summed E-state index contributed by atoms with van der Waals surface area (Å²) < 4.78 is 45.8. The Bertz CT molecular complexity index is 1830. The molecule has 0 saturated carbocycles. The van der Waals surface area contributed by atoms with Crippen LogP contribution in [0.4, 0.5) is 30.4 Å². The number of aromatic nitrogens is 2. The molecule has 3 aromatic carbocycles. The van der Waals surface area contributed by atoms with Gasteiger partial charge in [-0.05, 0) is 49.6 Å². The number of hydrogen-bond donors (Lipinski definition) is 6. The summed E-state index contributed by atoms with van der Waals surface area (Å²) in [4.78, 5) is 43.8. The van der Waals surface area contributed by atoms with E-state index in [1.54, 1.807) is 38.1 Å². The van der Waals surface area contributed by atoms with Gasteiger partial charge in [0, 0.05) is 41.6 Å². The van der Waals surface area contributed by atoms with Gasteiger partial charge >= 0.3 is 12.1 Å². The van der Waals surface area contributed by atoms with Crippen LogP contribution in [-0.4, -0.2) is 46.0 Å². The van der Waals surface area contributed by atoms with Crippen molar-refractivity contribution in [3.63, 3.8) is 0 Å². The second-order valence-corrected chi connectivity index (χ2v) is 11.1. The number of nitrogens with one attached hydrogen (secondary N) is 4. The molecule has 0 aliphatic carbocycles. The Hall–Kier alpha value is -5.86. The summed E-state index contributed by atoms with van der Waals surface area (Å²) >= 11 is 0. The van der Waals surface area contributed by atoms with Gasteiger partial charge in [-0.15, -0.1) is 0 Å².